The highest BCUT2D eigenvalue weighted by Gasteiger charge is 2.35. The summed E-state index contributed by atoms with van der Waals surface area (Å²) in [6, 6.07) is 14.7. The normalized spacial score (nSPS) is 20.7. The maximum Gasteiger partial charge on any atom is 0.227 e. The van der Waals surface area contributed by atoms with Gasteiger partial charge in [-0.25, -0.2) is 4.39 Å². The van der Waals surface area contributed by atoms with E-state index in [2.05, 4.69) is 22.3 Å². The summed E-state index contributed by atoms with van der Waals surface area (Å²) in [4.78, 5) is 14.8. The molecule has 126 valence electrons. The molecule has 0 fully saturated rings. The van der Waals surface area contributed by atoms with Gasteiger partial charge in [0.15, 0.2) is 0 Å². The Labute approximate surface area is 142 Å². The number of nitrogens with zero attached hydrogens (tertiary/aromatic N) is 1. The van der Waals surface area contributed by atoms with Crippen molar-refractivity contribution in [2.24, 2.45) is 0 Å². The molecule has 4 heteroatoms. The molecule has 0 heterocycles. The molecule has 3 nitrogen and oxygen atoms in total. The van der Waals surface area contributed by atoms with Crippen molar-refractivity contribution in [2.45, 2.75) is 31.3 Å². The van der Waals surface area contributed by atoms with Gasteiger partial charge in [0, 0.05) is 0 Å². The van der Waals surface area contributed by atoms with Gasteiger partial charge in [-0.15, -0.1) is 0 Å². The Morgan fingerprint density at radius 2 is 1.83 bits per heavy atom. The van der Waals surface area contributed by atoms with E-state index in [9.17, 15) is 9.18 Å². The van der Waals surface area contributed by atoms with Crippen LogP contribution in [-0.4, -0.2) is 30.9 Å². The predicted octanol–water partition coefficient (Wildman–Crippen LogP) is 3.27. The van der Waals surface area contributed by atoms with Crippen LogP contribution in [-0.2, 0) is 11.2 Å². The van der Waals surface area contributed by atoms with Crippen molar-refractivity contribution in [2.75, 3.05) is 14.1 Å². The molecule has 1 aliphatic rings. The van der Waals surface area contributed by atoms with Crippen molar-refractivity contribution in [3.63, 3.8) is 0 Å². The van der Waals surface area contributed by atoms with Crippen molar-refractivity contribution >= 4 is 5.91 Å². The van der Waals surface area contributed by atoms with E-state index in [0.717, 1.165) is 12.0 Å². The summed E-state index contributed by atoms with van der Waals surface area (Å²) in [7, 11) is 4.07. The third-order valence-corrected chi connectivity index (χ3v) is 4.84. The molecule has 0 aromatic heterocycles. The molecule has 3 atom stereocenters. The van der Waals surface area contributed by atoms with Gasteiger partial charge >= 0.3 is 0 Å². The largest absolute Gasteiger partial charge is 0.351 e. The molecule has 1 aliphatic carbocycles. The molecule has 1 unspecified atom stereocenters. The SMILES string of the molecule is CC(C(=O)N[C@@H]1Cc2ccccc2[C@H]1N(C)C)c1ccc(F)cc1. The first kappa shape index (κ1) is 16.7. The molecular formula is C20H23FN2O. The van der Waals surface area contributed by atoms with Gasteiger partial charge in [0.2, 0.25) is 5.91 Å². The summed E-state index contributed by atoms with van der Waals surface area (Å²) < 4.78 is 13.1. The standard InChI is InChI=1S/C20H23FN2O/c1-13(14-8-10-16(21)11-9-14)20(24)22-18-12-15-6-4-5-7-17(15)19(18)23(2)3/h4-11,13,18-19H,12H2,1-3H3,(H,22,24)/t13?,18-,19-/m1/s1. The molecule has 0 radical (unpaired) electrons. The van der Waals surface area contributed by atoms with Crippen LogP contribution < -0.4 is 5.32 Å². The van der Waals surface area contributed by atoms with Crippen LogP contribution in [0.1, 0.15) is 35.6 Å². The molecule has 1 amide bonds. The second-order valence-corrected chi connectivity index (χ2v) is 6.70. The third kappa shape index (κ3) is 3.20. The maximum atomic E-state index is 13.1. The zero-order chi connectivity index (χ0) is 17.3. The fourth-order valence-corrected chi connectivity index (χ4v) is 3.55. The zero-order valence-electron chi connectivity index (χ0n) is 14.3. The van der Waals surface area contributed by atoms with Crippen LogP contribution in [0.15, 0.2) is 48.5 Å². The summed E-state index contributed by atoms with van der Waals surface area (Å²) in [6.45, 7) is 1.86. The number of halogens is 1. The van der Waals surface area contributed by atoms with E-state index in [4.69, 9.17) is 0 Å². The minimum Gasteiger partial charge on any atom is -0.351 e. The Bertz CT molecular complexity index is 727. The molecule has 1 N–H and O–H groups in total. The van der Waals surface area contributed by atoms with Crippen LogP contribution in [0, 0.1) is 5.82 Å². The monoisotopic (exact) mass is 326 g/mol. The smallest absolute Gasteiger partial charge is 0.227 e. The first-order valence-corrected chi connectivity index (χ1v) is 8.27. The van der Waals surface area contributed by atoms with E-state index in [1.165, 1.54) is 23.3 Å². The van der Waals surface area contributed by atoms with Gasteiger partial charge in [-0.1, -0.05) is 36.4 Å². The lowest BCUT2D eigenvalue weighted by Gasteiger charge is -2.28. The lowest BCUT2D eigenvalue weighted by atomic mass is 9.99. The van der Waals surface area contributed by atoms with E-state index in [-0.39, 0.29) is 29.7 Å². The lowest BCUT2D eigenvalue weighted by Crippen LogP contribution is -2.43. The van der Waals surface area contributed by atoms with Crippen LogP contribution in [0.3, 0.4) is 0 Å². The van der Waals surface area contributed by atoms with Gasteiger partial charge < -0.3 is 10.2 Å². The summed E-state index contributed by atoms with van der Waals surface area (Å²) in [5.41, 5.74) is 3.39. The molecule has 2 aromatic rings. The predicted molar refractivity (Wildman–Crippen MR) is 93.3 cm³/mol. The van der Waals surface area contributed by atoms with Gasteiger partial charge in [0.1, 0.15) is 5.82 Å². The number of carbonyl (C=O) groups excluding carboxylic acids is 1. The second kappa shape index (κ2) is 6.73. The first-order valence-electron chi connectivity index (χ1n) is 8.27. The van der Waals surface area contributed by atoms with Gasteiger partial charge in [-0.2, -0.15) is 0 Å². The fourth-order valence-electron chi connectivity index (χ4n) is 3.55. The maximum absolute atomic E-state index is 13.1. The van der Waals surface area contributed by atoms with Gasteiger partial charge in [-0.05, 0) is 56.3 Å². The van der Waals surface area contributed by atoms with E-state index in [1.54, 1.807) is 12.1 Å². The topological polar surface area (TPSA) is 32.3 Å². The highest BCUT2D eigenvalue weighted by Crippen LogP contribution is 2.35. The summed E-state index contributed by atoms with van der Waals surface area (Å²) in [5, 5.41) is 3.20. The minimum atomic E-state index is -0.308. The molecular weight excluding hydrogens is 303 g/mol. The Morgan fingerprint density at radius 1 is 1.17 bits per heavy atom. The number of likely N-dealkylation sites (N-methyl/N-ethyl adjacent to an activating group) is 1. The van der Waals surface area contributed by atoms with E-state index in [0.29, 0.717) is 0 Å². The van der Waals surface area contributed by atoms with Crippen LogP contribution in [0.25, 0.3) is 0 Å². The number of nitrogens with one attached hydrogen (secondary N) is 1. The highest BCUT2D eigenvalue weighted by atomic mass is 19.1. The van der Waals surface area contributed by atoms with Crippen molar-refractivity contribution in [3.8, 4) is 0 Å². The average Bonchev–Trinajstić information content (AvgIpc) is 2.92. The quantitative estimate of drug-likeness (QED) is 0.935. The number of hydrogen-bond acceptors (Lipinski definition) is 2. The van der Waals surface area contributed by atoms with Crippen molar-refractivity contribution in [1.82, 2.24) is 10.2 Å². The van der Waals surface area contributed by atoms with Crippen LogP contribution in [0.4, 0.5) is 4.39 Å². The van der Waals surface area contributed by atoms with Gasteiger partial charge in [-0.3, -0.25) is 4.79 Å². The van der Waals surface area contributed by atoms with Crippen molar-refractivity contribution < 1.29 is 9.18 Å². The summed E-state index contributed by atoms with van der Waals surface area (Å²) >= 11 is 0. The molecule has 2 aromatic carbocycles. The molecule has 0 saturated heterocycles. The number of fused-ring (bicyclic) bond motifs is 1. The molecule has 0 bridgehead atoms. The van der Waals surface area contributed by atoms with E-state index in [1.807, 2.05) is 33.2 Å². The number of amides is 1. The van der Waals surface area contributed by atoms with Crippen LogP contribution >= 0.6 is 0 Å². The number of rotatable bonds is 4. The Hall–Kier alpha value is -2.20. The minimum absolute atomic E-state index is 0.0220. The number of carbonyl (C=O) groups is 1. The fraction of sp³-hybridized carbons (Fsp3) is 0.350. The molecule has 0 saturated carbocycles. The average molecular weight is 326 g/mol. The third-order valence-electron chi connectivity index (χ3n) is 4.84. The second-order valence-electron chi connectivity index (χ2n) is 6.70. The first-order chi connectivity index (χ1) is 11.5. The van der Waals surface area contributed by atoms with Crippen molar-refractivity contribution in [1.29, 1.82) is 0 Å². The number of benzene rings is 2. The van der Waals surface area contributed by atoms with Gasteiger partial charge in [0.25, 0.3) is 0 Å². The Morgan fingerprint density at radius 3 is 2.50 bits per heavy atom. The van der Waals surface area contributed by atoms with Crippen LogP contribution in [0.2, 0.25) is 0 Å². The number of hydrogen-bond donors (Lipinski definition) is 1. The highest BCUT2D eigenvalue weighted by molar-refractivity contribution is 5.83. The van der Waals surface area contributed by atoms with Crippen LogP contribution in [0.5, 0.6) is 0 Å². The molecule has 0 aliphatic heterocycles. The summed E-state index contributed by atoms with van der Waals surface area (Å²) in [5.74, 6) is -0.617. The Balaban J connectivity index is 1.75. The molecule has 0 spiro atoms. The zero-order valence-corrected chi connectivity index (χ0v) is 14.3. The summed E-state index contributed by atoms with van der Waals surface area (Å²) in [6.07, 6.45) is 0.834. The Kier molecular flexibility index (Phi) is 4.67. The van der Waals surface area contributed by atoms with E-state index >= 15 is 0 Å². The van der Waals surface area contributed by atoms with Crippen molar-refractivity contribution in [3.05, 3.63) is 71.0 Å². The van der Waals surface area contributed by atoms with E-state index < -0.39 is 0 Å². The molecule has 3 rings (SSSR count). The molecule has 24 heavy (non-hydrogen) atoms. The van der Waals surface area contributed by atoms with Gasteiger partial charge in [0.05, 0.1) is 18.0 Å². The lowest BCUT2D eigenvalue weighted by molar-refractivity contribution is -0.123.